The van der Waals surface area contributed by atoms with Gasteiger partial charge in [0, 0.05) is 24.6 Å². The summed E-state index contributed by atoms with van der Waals surface area (Å²) >= 11 is 1.53. The summed E-state index contributed by atoms with van der Waals surface area (Å²) in [5.41, 5.74) is 0. The molecule has 0 radical (unpaired) electrons. The molecule has 0 aromatic heterocycles. The highest BCUT2D eigenvalue weighted by Gasteiger charge is 2.32. The second-order valence-corrected chi connectivity index (χ2v) is 5.51. The number of hydrogen-bond acceptors (Lipinski definition) is 4. The van der Waals surface area contributed by atoms with E-state index in [1.807, 2.05) is 0 Å². The maximum absolute atomic E-state index is 12.5. The number of hydrogen-bond donors (Lipinski definition) is 2. The molecule has 2 amide bonds. The Hall–Kier alpha value is -1.09. The van der Waals surface area contributed by atoms with Crippen molar-refractivity contribution in [2.75, 3.05) is 37.7 Å². The summed E-state index contributed by atoms with van der Waals surface area (Å²) in [6.07, 6.45) is -2.90. The largest absolute Gasteiger partial charge is 0.481 e. The molecule has 1 rings (SSSR count). The van der Waals surface area contributed by atoms with Crippen molar-refractivity contribution in [3.63, 3.8) is 0 Å². The fourth-order valence-electron chi connectivity index (χ4n) is 2.01. The summed E-state index contributed by atoms with van der Waals surface area (Å²) in [6.45, 7) is -1.04. The number of aliphatic hydroxyl groups is 1. The lowest BCUT2D eigenvalue weighted by atomic mass is 10.2. The lowest BCUT2D eigenvalue weighted by molar-refractivity contribution is -0.138. The first-order valence-electron chi connectivity index (χ1n) is 6.19. The normalized spacial score (nSPS) is 19.2. The molecule has 1 fully saturated rings. The molecular weight excluding hydrogens is 294 g/mol. The Balaban J connectivity index is 2.74. The molecule has 1 aliphatic heterocycles. The summed E-state index contributed by atoms with van der Waals surface area (Å²) in [7, 11) is 0. The number of amides is 2. The van der Waals surface area contributed by atoms with Gasteiger partial charge in [-0.25, -0.2) is 13.6 Å². The van der Waals surface area contributed by atoms with E-state index in [4.69, 9.17) is 10.2 Å². The Morgan fingerprint density at radius 1 is 1.45 bits per heavy atom. The standard InChI is InChI=1S/C11H18F2N2O4S/c12-9(13)6-14(1-3-16)11(19)15-2-4-20-7-8(15)5-10(17)18/h8-9,16H,1-7H2,(H,17,18). The number of carboxylic acid groups (broad SMARTS) is 1. The van der Waals surface area contributed by atoms with Crippen LogP contribution in [0.3, 0.4) is 0 Å². The zero-order valence-corrected chi connectivity index (χ0v) is 11.7. The summed E-state index contributed by atoms with van der Waals surface area (Å²) in [5, 5.41) is 17.7. The summed E-state index contributed by atoms with van der Waals surface area (Å²) in [5.74, 6) is 0.0845. The van der Waals surface area contributed by atoms with E-state index in [0.717, 1.165) is 4.90 Å². The number of rotatable bonds is 6. The van der Waals surface area contributed by atoms with Crippen LogP contribution in [0, 0.1) is 0 Å². The van der Waals surface area contributed by atoms with Crippen molar-refractivity contribution in [3.8, 4) is 0 Å². The van der Waals surface area contributed by atoms with Gasteiger partial charge in [-0.05, 0) is 0 Å². The first kappa shape index (κ1) is 17.0. The number of aliphatic hydroxyl groups excluding tert-OH is 1. The van der Waals surface area contributed by atoms with Crippen molar-refractivity contribution in [2.24, 2.45) is 0 Å². The Bertz CT molecular complexity index is 346. The number of urea groups is 1. The van der Waals surface area contributed by atoms with E-state index in [1.165, 1.54) is 16.7 Å². The van der Waals surface area contributed by atoms with Crippen LogP contribution in [-0.2, 0) is 4.79 Å². The monoisotopic (exact) mass is 312 g/mol. The third-order valence-corrected chi connectivity index (χ3v) is 3.97. The molecule has 0 aromatic rings. The van der Waals surface area contributed by atoms with E-state index in [0.29, 0.717) is 18.1 Å². The Kier molecular flexibility index (Phi) is 7.00. The van der Waals surface area contributed by atoms with E-state index in [2.05, 4.69) is 0 Å². The zero-order valence-electron chi connectivity index (χ0n) is 10.9. The first-order valence-corrected chi connectivity index (χ1v) is 7.35. The molecule has 20 heavy (non-hydrogen) atoms. The van der Waals surface area contributed by atoms with Crippen LogP contribution in [0.4, 0.5) is 13.6 Å². The maximum atomic E-state index is 12.5. The molecule has 1 saturated heterocycles. The van der Waals surface area contributed by atoms with Crippen LogP contribution in [-0.4, -0.2) is 82.2 Å². The highest BCUT2D eigenvalue weighted by molar-refractivity contribution is 7.99. The minimum Gasteiger partial charge on any atom is -0.481 e. The number of thioether (sulfide) groups is 1. The molecule has 9 heteroatoms. The van der Waals surface area contributed by atoms with E-state index < -0.39 is 37.6 Å². The molecule has 1 unspecified atom stereocenters. The van der Waals surface area contributed by atoms with Crippen molar-refractivity contribution >= 4 is 23.8 Å². The lowest BCUT2D eigenvalue weighted by Gasteiger charge is -2.38. The third-order valence-electron chi connectivity index (χ3n) is 2.88. The van der Waals surface area contributed by atoms with E-state index in [1.54, 1.807) is 0 Å². The van der Waals surface area contributed by atoms with Crippen molar-refractivity contribution < 1.29 is 28.6 Å². The van der Waals surface area contributed by atoms with Crippen molar-refractivity contribution in [1.82, 2.24) is 9.80 Å². The van der Waals surface area contributed by atoms with Crippen LogP contribution in [0.2, 0.25) is 0 Å². The van der Waals surface area contributed by atoms with Gasteiger partial charge in [-0.3, -0.25) is 4.79 Å². The molecule has 1 heterocycles. The number of carbonyl (C=O) groups excluding carboxylic acids is 1. The molecule has 0 aliphatic carbocycles. The Morgan fingerprint density at radius 2 is 2.15 bits per heavy atom. The molecular formula is C11H18F2N2O4S. The van der Waals surface area contributed by atoms with Gasteiger partial charge in [0.1, 0.15) is 0 Å². The van der Waals surface area contributed by atoms with Crippen LogP contribution in [0.1, 0.15) is 6.42 Å². The zero-order chi connectivity index (χ0) is 15.1. The molecule has 2 N–H and O–H groups in total. The number of carboxylic acids is 1. The highest BCUT2D eigenvalue weighted by atomic mass is 32.2. The number of carbonyl (C=O) groups is 2. The van der Waals surface area contributed by atoms with Crippen molar-refractivity contribution in [2.45, 2.75) is 18.9 Å². The molecule has 0 spiro atoms. The fourth-order valence-corrected chi connectivity index (χ4v) is 3.07. The van der Waals surface area contributed by atoms with Gasteiger partial charge in [-0.1, -0.05) is 0 Å². The van der Waals surface area contributed by atoms with E-state index >= 15 is 0 Å². The minimum atomic E-state index is -2.69. The summed E-state index contributed by atoms with van der Waals surface area (Å²) < 4.78 is 24.9. The molecule has 1 aliphatic rings. The molecule has 0 aromatic carbocycles. The van der Waals surface area contributed by atoms with Crippen molar-refractivity contribution in [3.05, 3.63) is 0 Å². The molecule has 116 valence electrons. The molecule has 6 nitrogen and oxygen atoms in total. The van der Waals surface area contributed by atoms with Crippen LogP contribution in [0.15, 0.2) is 0 Å². The van der Waals surface area contributed by atoms with Gasteiger partial charge in [0.05, 0.1) is 25.6 Å². The van der Waals surface area contributed by atoms with Crippen LogP contribution < -0.4 is 0 Å². The number of nitrogens with zero attached hydrogens (tertiary/aromatic N) is 2. The molecule has 0 saturated carbocycles. The summed E-state index contributed by atoms with van der Waals surface area (Å²) in [4.78, 5) is 25.2. The predicted molar refractivity (Wildman–Crippen MR) is 70.1 cm³/mol. The maximum Gasteiger partial charge on any atom is 0.320 e. The molecule has 1 atom stereocenters. The van der Waals surface area contributed by atoms with Gasteiger partial charge in [0.2, 0.25) is 0 Å². The van der Waals surface area contributed by atoms with Gasteiger partial charge in [-0.2, -0.15) is 11.8 Å². The number of alkyl halides is 2. The van der Waals surface area contributed by atoms with Gasteiger partial charge in [0.15, 0.2) is 0 Å². The average Bonchev–Trinajstić information content (AvgIpc) is 2.37. The smallest absolute Gasteiger partial charge is 0.320 e. The van der Waals surface area contributed by atoms with Gasteiger partial charge < -0.3 is 20.0 Å². The van der Waals surface area contributed by atoms with Crippen LogP contribution >= 0.6 is 11.8 Å². The average molecular weight is 312 g/mol. The third kappa shape index (κ3) is 5.12. The minimum absolute atomic E-state index is 0.188. The van der Waals surface area contributed by atoms with Gasteiger partial charge in [-0.15, -0.1) is 0 Å². The van der Waals surface area contributed by atoms with E-state index in [9.17, 15) is 18.4 Å². The number of halogens is 2. The Morgan fingerprint density at radius 3 is 2.70 bits per heavy atom. The summed E-state index contributed by atoms with van der Waals surface area (Å²) in [6, 6.07) is -1.14. The number of aliphatic carboxylic acids is 1. The Labute approximate surface area is 119 Å². The molecule has 0 bridgehead atoms. The van der Waals surface area contributed by atoms with Crippen LogP contribution in [0.5, 0.6) is 0 Å². The SMILES string of the molecule is O=C(O)CC1CSCCN1C(=O)N(CCO)CC(F)F. The van der Waals surface area contributed by atoms with Gasteiger partial charge >= 0.3 is 12.0 Å². The van der Waals surface area contributed by atoms with E-state index in [-0.39, 0.29) is 13.0 Å². The lowest BCUT2D eigenvalue weighted by Crippen LogP contribution is -2.54. The fraction of sp³-hybridized carbons (Fsp3) is 0.818. The predicted octanol–water partition coefficient (Wildman–Crippen LogP) is 0.558. The second-order valence-electron chi connectivity index (χ2n) is 4.36. The topological polar surface area (TPSA) is 81.1 Å². The van der Waals surface area contributed by atoms with Gasteiger partial charge in [0.25, 0.3) is 6.43 Å². The second kappa shape index (κ2) is 8.25. The quantitative estimate of drug-likeness (QED) is 0.749. The first-order chi connectivity index (χ1) is 9.45. The van der Waals surface area contributed by atoms with Crippen LogP contribution in [0.25, 0.3) is 0 Å². The highest BCUT2D eigenvalue weighted by Crippen LogP contribution is 2.20. The van der Waals surface area contributed by atoms with Crippen molar-refractivity contribution in [1.29, 1.82) is 0 Å².